The highest BCUT2D eigenvalue weighted by Gasteiger charge is 2.11. The van der Waals surface area contributed by atoms with Crippen molar-refractivity contribution in [3.05, 3.63) is 34.3 Å². The summed E-state index contributed by atoms with van der Waals surface area (Å²) in [6.45, 7) is 0.678. The van der Waals surface area contributed by atoms with Gasteiger partial charge in [-0.3, -0.25) is 0 Å². The first-order chi connectivity index (χ1) is 9.47. The third kappa shape index (κ3) is 3.36. The van der Waals surface area contributed by atoms with E-state index < -0.39 is 0 Å². The number of nitrogens with zero attached hydrogens (tertiary/aromatic N) is 5. The van der Waals surface area contributed by atoms with Crippen LogP contribution in [0.25, 0.3) is 0 Å². The quantitative estimate of drug-likeness (QED) is 0.919. The molecule has 2 N–H and O–H groups in total. The van der Waals surface area contributed by atoms with E-state index in [-0.39, 0.29) is 5.95 Å². The van der Waals surface area contributed by atoms with Crippen molar-refractivity contribution in [3.8, 4) is 0 Å². The van der Waals surface area contributed by atoms with E-state index in [9.17, 15) is 0 Å². The molecule has 0 unspecified atom stereocenters. The lowest BCUT2D eigenvalue weighted by Gasteiger charge is -2.19. The van der Waals surface area contributed by atoms with E-state index in [1.165, 1.54) is 0 Å². The number of rotatable bonds is 4. The first-order valence-corrected chi connectivity index (χ1v) is 6.90. The Hall–Kier alpha value is -1.89. The lowest BCUT2D eigenvalue weighted by Crippen LogP contribution is -2.23. The Balaban J connectivity index is 2.25. The van der Waals surface area contributed by atoms with Gasteiger partial charge in [-0.2, -0.15) is 15.0 Å². The standard InChI is InChI=1S/C13H17BrN6/c1-19(2)12-16-11(15)17-13(18-12)20(3)8-9-6-4-5-7-10(9)14/h4-7H,8H2,1-3H3,(H2,15,16,17,18). The Morgan fingerprint density at radius 3 is 2.35 bits per heavy atom. The van der Waals surface area contributed by atoms with Crippen LogP contribution in [0.2, 0.25) is 0 Å². The van der Waals surface area contributed by atoms with Gasteiger partial charge >= 0.3 is 0 Å². The highest BCUT2D eigenvalue weighted by molar-refractivity contribution is 9.10. The van der Waals surface area contributed by atoms with Gasteiger partial charge in [-0.25, -0.2) is 0 Å². The number of nitrogen functional groups attached to an aromatic ring is 1. The van der Waals surface area contributed by atoms with Crippen molar-refractivity contribution in [2.75, 3.05) is 36.7 Å². The molecule has 0 saturated heterocycles. The van der Waals surface area contributed by atoms with Crippen LogP contribution < -0.4 is 15.5 Å². The van der Waals surface area contributed by atoms with Crippen LogP contribution in [0.3, 0.4) is 0 Å². The number of benzene rings is 1. The fourth-order valence-corrected chi connectivity index (χ4v) is 2.10. The van der Waals surface area contributed by atoms with E-state index in [1.807, 2.05) is 44.2 Å². The maximum atomic E-state index is 5.73. The van der Waals surface area contributed by atoms with Gasteiger partial charge in [0.05, 0.1) is 0 Å². The van der Waals surface area contributed by atoms with Crippen LogP contribution in [0.5, 0.6) is 0 Å². The zero-order valence-electron chi connectivity index (χ0n) is 11.7. The molecule has 20 heavy (non-hydrogen) atoms. The van der Waals surface area contributed by atoms with Crippen LogP contribution in [0.15, 0.2) is 28.7 Å². The van der Waals surface area contributed by atoms with E-state index in [0.717, 1.165) is 10.0 Å². The summed E-state index contributed by atoms with van der Waals surface area (Å²) in [5.74, 6) is 1.32. The number of hydrogen-bond acceptors (Lipinski definition) is 6. The summed E-state index contributed by atoms with van der Waals surface area (Å²) in [6.07, 6.45) is 0. The Morgan fingerprint density at radius 2 is 1.70 bits per heavy atom. The summed E-state index contributed by atoms with van der Waals surface area (Å²) < 4.78 is 1.06. The second-order valence-corrected chi connectivity index (χ2v) is 5.49. The molecule has 0 fully saturated rings. The molecule has 2 aromatic rings. The van der Waals surface area contributed by atoms with E-state index in [4.69, 9.17) is 5.73 Å². The van der Waals surface area contributed by atoms with Crippen molar-refractivity contribution in [2.45, 2.75) is 6.54 Å². The van der Waals surface area contributed by atoms with Crippen LogP contribution in [-0.4, -0.2) is 36.1 Å². The molecule has 106 valence electrons. The molecular formula is C13H17BrN6. The molecule has 6 nitrogen and oxygen atoms in total. The SMILES string of the molecule is CN(C)c1nc(N)nc(N(C)Cc2ccccc2Br)n1. The number of hydrogen-bond donors (Lipinski definition) is 1. The molecule has 0 aliphatic carbocycles. The van der Waals surface area contributed by atoms with Crippen LogP contribution >= 0.6 is 15.9 Å². The zero-order chi connectivity index (χ0) is 14.7. The minimum absolute atomic E-state index is 0.220. The molecule has 1 heterocycles. The second kappa shape index (κ2) is 6.04. The normalized spacial score (nSPS) is 10.4. The minimum Gasteiger partial charge on any atom is -0.368 e. The summed E-state index contributed by atoms with van der Waals surface area (Å²) in [7, 11) is 5.66. The molecule has 0 spiro atoms. The topological polar surface area (TPSA) is 71.2 Å². The second-order valence-electron chi connectivity index (χ2n) is 4.64. The van der Waals surface area contributed by atoms with Gasteiger partial charge in [-0.15, -0.1) is 0 Å². The van der Waals surface area contributed by atoms with E-state index in [2.05, 4.69) is 36.9 Å². The summed E-state index contributed by atoms with van der Waals surface area (Å²) >= 11 is 3.54. The molecule has 7 heteroatoms. The summed E-state index contributed by atoms with van der Waals surface area (Å²) in [5, 5.41) is 0. The van der Waals surface area contributed by atoms with Gasteiger partial charge in [0.1, 0.15) is 0 Å². The van der Waals surface area contributed by atoms with Crippen molar-refractivity contribution in [2.24, 2.45) is 0 Å². The molecule has 0 radical (unpaired) electrons. The molecule has 2 rings (SSSR count). The van der Waals surface area contributed by atoms with Crippen LogP contribution in [-0.2, 0) is 6.54 Å². The van der Waals surface area contributed by atoms with Gasteiger partial charge in [0.15, 0.2) is 0 Å². The Morgan fingerprint density at radius 1 is 1.05 bits per heavy atom. The van der Waals surface area contributed by atoms with Crippen LogP contribution in [0.4, 0.5) is 17.8 Å². The fourth-order valence-electron chi connectivity index (χ4n) is 1.69. The minimum atomic E-state index is 0.220. The monoisotopic (exact) mass is 336 g/mol. The number of aromatic nitrogens is 3. The molecule has 0 atom stereocenters. The third-order valence-corrected chi connectivity index (χ3v) is 3.51. The predicted octanol–water partition coefficient (Wildman–Crippen LogP) is 1.92. The van der Waals surface area contributed by atoms with Crippen LogP contribution in [0.1, 0.15) is 5.56 Å². The number of halogens is 1. The van der Waals surface area contributed by atoms with Crippen molar-refractivity contribution in [1.82, 2.24) is 15.0 Å². The Kier molecular flexibility index (Phi) is 4.39. The van der Waals surface area contributed by atoms with Crippen molar-refractivity contribution >= 4 is 33.8 Å². The largest absolute Gasteiger partial charge is 0.368 e. The lowest BCUT2D eigenvalue weighted by atomic mass is 10.2. The molecule has 0 bridgehead atoms. The Labute approximate surface area is 126 Å². The summed E-state index contributed by atoms with van der Waals surface area (Å²) in [5.41, 5.74) is 6.89. The molecule has 0 aliphatic rings. The Bertz CT molecular complexity index is 601. The highest BCUT2D eigenvalue weighted by atomic mass is 79.9. The maximum absolute atomic E-state index is 5.73. The first kappa shape index (κ1) is 14.5. The highest BCUT2D eigenvalue weighted by Crippen LogP contribution is 2.20. The van der Waals surface area contributed by atoms with E-state index >= 15 is 0 Å². The molecule has 0 saturated carbocycles. The molecular weight excluding hydrogens is 320 g/mol. The van der Waals surface area contributed by atoms with Gasteiger partial charge in [0.2, 0.25) is 17.8 Å². The lowest BCUT2D eigenvalue weighted by molar-refractivity contribution is 0.844. The van der Waals surface area contributed by atoms with Crippen molar-refractivity contribution < 1.29 is 0 Å². The maximum Gasteiger partial charge on any atom is 0.231 e. The average molecular weight is 337 g/mol. The van der Waals surface area contributed by atoms with Gasteiger partial charge in [-0.05, 0) is 11.6 Å². The number of anilines is 3. The first-order valence-electron chi connectivity index (χ1n) is 6.11. The van der Waals surface area contributed by atoms with Gasteiger partial charge < -0.3 is 15.5 Å². The van der Waals surface area contributed by atoms with Crippen LogP contribution in [0, 0.1) is 0 Å². The van der Waals surface area contributed by atoms with Crippen molar-refractivity contribution in [3.63, 3.8) is 0 Å². The molecule has 0 amide bonds. The number of nitrogens with two attached hydrogens (primary N) is 1. The van der Waals surface area contributed by atoms with Gasteiger partial charge in [-0.1, -0.05) is 34.1 Å². The fraction of sp³-hybridized carbons (Fsp3) is 0.308. The predicted molar refractivity (Wildman–Crippen MR) is 84.8 cm³/mol. The third-order valence-electron chi connectivity index (χ3n) is 2.74. The van der Waals surface area contributed by atoms with Gasteiger partial charge in [0.25, 0.3) is 0 Å². The average Bonchev–Trinajstić information content (AvgIpc) is 2.40. The van der Waals surface area contributed by atoms with Crippen molar-refractivity contribution in [1.29, 1.82) is 0 Å². The van der Waals surface area contributed by atoms with E-state index in [0.29, 0.717) is 18.4 Å². The molecule has 1 aromatic carbocycles. The summed E-state index contributed by atoms with van der Waals surface area (Å²) in [4.78, 5) is 16.4. The van der Waals surface area contributed by atoms with Gasteiger partial charge in [0, 0.05) is 32.2 Å². The smallest absolute Gasteiger partial charge is 0.231 e. The zero-order valence-corrected chi connectivity index (χ0v) is 13.3. The summed E-state index contributed by atoms with van der Waals surface area (Å²) in [6, 6.07) is 8.05. The van der Waals surface area contributed by atoms with E-state index in [1.54, 1.807) is 4.90 Å². The molecule has 0 aliphatic heterocycles. The molecule has 1 aromatic heterocycles.